The van der Waals surface area contributed by atoms with Crippen LogP contribution in [0.15, 0.2) is 54.9 Å². The zero-order valence-electron chi connectivity index (χ0n) is 21.4. The zero-order valence-corrected chi connectivity index (χ0v) is 24.6. The quantitative estimate of drug-likeness (QED) is 0.312. The Labute approximate surface area is 243 Å². The summed E-state index contributed by atoms with van der Waals surface area (Å²) in [4.78, 5) is 71.1. The molecule has 2 aliphatic heterocycles. The van der Waals surface area contributed by atoms with E-state index in [-0.39, 0.29) is 36.0 Å². The third-order valence-electron chi connectivity index (χ3n) is 7.15. The lowest BCUT2D eigenvalue weighted by atomic mass is 10.1. The van der Waals surface area contributed by atoms with E-state index in [1.165, 1.54) is 18.3 Å². The maximum Gasteiger partial charge on any atom is 0.329 e. The van der Waals surface area contributed by atoms with Crippen molar-refractivity contribution in [3.8, 4) is 0 Å². The number of benzene rings is 2. The fourth-order valence-corrected chi connectivity index (χ4v) is 5.83. The number of aryl methyl sites for hydroxylation is 2. The molecule has 2 aliphatic rings. The maximum atomic E-state index is 12.4. The Morgan fingerprint density at radius 1 is 0.625 bits per heavy atom. The minimum Gasteiger partial charge on any atom is -0.295 e. The number of fused-ring (bicyclic) bond motifs is 2. The van der Waals surface area contributed by atoms with Gasteiger partial charge in [0.05, 0.1) is 22.1 Å². The Bertz CT molecular complexity index is 1710. The lowest BCUT2D eigenvalue weighted by Gasteiger charge is -2.21. The van der Waals surface area contributed by atoms with Crippen LogP contribution < -0.4 is 22.0 Å². The maximum absolute atomic E-state index is 12.4. The van der Waals surface area contributed by atoms with Gasteiger partial charge in [-0.3, -0.25) is 48.1 Å². The minimum absolute atomic E-state index is 0.246. The number of imidazole rings is 2. The van der Waals surface area contributed by atoms with Gasteiger partial charge in [0.1, 0.15) is 12.1 Å². The molecule has 2 fully saturated rings. The minimum atomic E-state index is -0.634. The van der Waals surface area contributed by atoms with Gasteiger partial charge in [0.25, 0.3) is 0 Å². The van der Waals surface area contributed by atoms with Gasteiger partial charge in [-0.05, 0) is 49.2 Å². The fraction of sp³-hybridized carbons (Fsp3) is 0.308. The monoisotopic (exact) mass is 674 g/mol. The van der Waals surface area contributed by atoms with Gasteiger partial charge in [-0.15, -0.1) is 0 Å². The summed E-state index contributed by atoms with van der Waals surface area (Å²) in [5.74, 6) is -1.41. The molecule has 2 atom stereocenters. The number of imide groups is 2. The average molecular weight is 676 g/mol. The summed E-state index contributed by atoms with van der Waals surface area (Å²) in [7, 11) is 3.33. The second-order valence-corrected chi connectivity index (χ2v) is 11.5. The van der Waals surface area contributed by atoms with Crippen molar-refractivity contribution in [3.63, 3.8) is 0 Å². The van der Waals surface area contributed by atoms with Crippen molar-refractivity contribution in [2.45, 2.75) is 37.8 Å². The number of carbonyl (C=O) groups is 4. The molecule has 2 saturated heterocycles. The van der Waals surface area contributed by atoms with E-state index in [9.17, 15) is 28.8 Å². The third kappa shape index (κ3) is 4.85. The van der Waals surface area contributed by atoms with Gasteiger partial charge < -0.3 is 0 Å². The van der Waals surface area contributed by atoms with E-state index in [1.54, 1.807) is 26.2 Å². The van der Waals surface area contributed by atoms with E-state index in [2.05, 4.69) is 42.5 Å². The third-order valence-corrected chi connectivity index (χ3v) is 8.13. The van der Waals surface area contributed by atoms with Crippen molar-refractivity contribution >= 4 is 77.6 Å². The molecule has 0 spiro atoms. The van der Waals surface area contributed by atoms with Crippen LogP contribution in [0.25, 0.3) is 22.1 Å². The Morgan fingerprint density at radius 2 is 1.00 bits per heavy atom. The summed E-state index contributed by atoms with van der Waals surface area (Å²) in [6, 6.07) is 9.64. The van der Waals surface area contributed by atoms with Crippen LogP contribution in [0.3, 0.4) is 0 Å². The van der Waals surface area contributed by atoms with Gasteiger partial charge >= 0.3 is 11.4 Å². The number of piperidine rings is 2. The van der Waals surface area contributed by atoms with E-state index in [0.717, 1.165) is 20.0 Å². The van der Waals surface area contributed by atoms with Crippen LogP contribution in [0.4, 0.5) is 0 Å². The van der Waals surface area contributed by atoms with Gasteiger partial charge in [-0.2, -0.15) is 0 Å². The first-order chi connectivity index (χ1) is 19.0. The summed E-state index contributed by atoms with van der Waals surface area (Å²) in [5, 5.41) is 4.57. The number of nitrogens with one attached hydrogen (secondary N) is 2. The van der Waals surface area contributed by atoms with Gasteiger partial charge in [0.15, 0.2) is 0 Å². The number of nitrogens with zero attached hydrogens (tertiary/aromatic N) is 4. The van der Waals surface area contributed by atoms with E-state index in [4.69, 9.17) is 0 Å². The predicted molar refractivity (Wildman–Crippen MR) is 153 cm³/mol. The normalized spacial score (nSPS) is 19.4. The molecule has 2 aromatic heterocycles. The van der Waals surface area contributed by atoms with Crippen LogP contribution in [-0.4, -0.2) is 41.9 Å². The molecule has 0 radical (unpaired) electrons. The van der Waals surface area contributed by atoms with Gasteiger partial charge in [0, 0.05) is 35.9 Å². The molecule has 2 aromatic carbocycles. The second kappa shape index (κ2) is 10.7. The molecule has 12 nitrogen and oxygen atoms in total. The molecule has 0 saturated carbocycles. The van der Waals surface area contributed by atoms with Crippen LogP contribution in [0, 0.1) is 0 Å². The molecule has 0 bridgehead atoms. The first-order valence-corrected chi connectivity index (χ1v) is 14.0. The van der Waals surface area contributed by atoms with Crippen LogP contribution in [0.2, 0.25) is 0 Å². The van der Waals surface area contributed by atoms with Crippen molar-refractivity contribution in [3.05, 3.63) is 66.3 Å². The predicted octanol–water partition coefficient (Wildman–Crippen LogP) is 2.16. The first-order valence-electron chi connectivity index (χ1n) is 12.4. The number of carbonyl (C=O) groups excluding carboxylic acids is 4. The summed E-state index contributed by atoms with van der Waals surface area (Å²) in [5.41, 5.74) is 2.36. The highest BCUT2D eigenvalue weighted by molar-refractivity contribution is 9.10. The van der Waals surface area contributed by atoms with Crippen molar-refractivity contribution < 1.29 is 19.2 Å². The van der Waals surface area contributed by atoms with E-state index < -0.39 is 23.9 Å². The Balaban J connectivity index is 0.000000161. The lowest BCUT2D eigenvalue weighted by Crippen LogP contribution is -2.44. The largest absolute Gasteiger partial charge is 0.329 e. The van der Waals surface area contributed by atoms with Gasteiger partial charge in [-0.1, -0.05) is 31.9 Å². The summed E-state index contributed by atoms with van der Waals surface area (Å²) < 4.78 is 7.66. The number of hydrogen-bond acceptors (Lipinski definition) is 6. The molecule has 4 heterocycles. The summed E-state index contributed by atoms with van der Waals surface area (Å²) >= 11 is 6.74. The molecule has 6 rings (SSSR count). The molecule has 0 aliphatic carbocycles. The average Bonchev–Trinajstić information content (AvgIpc) is 3.29. The van der Waals surface area contributed by atoms with Crippen LogP contribution in [0.5, 0.6) is 0 Å². The first kappa shape index (κ1) is 27.8. The number of rotatable bonds is 2. The summed E-state index contributed by atoms with van der Waals surface area (Å²) in [6.07, 6.45) is 1.19. The molecule has 4 amide bonds. The highest BCUT2D eigenvalue weighted by atomic mass is 79.9. The molecular formula is C26H24Br2N6O6. The Kier molecular flexibility index (Phi) is 7.40. The van der Waals surface area contributed by atoms with Crippen molar-refractivity contribution in [2.24, 2.45) is 14.1 Å². The SMILES string of the molecule is Cn1c(=O)n(C2CCC(=O)NC2=O)c2ccc(Br)cc21.Cn1c(=O)n(C2CCC(=O)NC2=O)c2ccc(Br)cc21. The van der Waals surface area contributed by atoms with Crippen LogP contribution in [0.1, 0.15) is 37.8 Å². The second-order valence-electron chi connectivity index (χ2n) is 9.62. The van der Waals surface area contributed by atoms with E-state index in [1.807, 2.05) is 24.3 Å². The number of amides is 4. The molecule has 4 aromatic rings. The van der Waals surface area contributed by atoms with Crippen molar-refractivity contribution in [1.82, 2.24) is 28.9 Å². The number of aromatic nitrogens is 4. The smallest absolute Gasteiger partial charge is 0.295 e. The fourth-order valence-electron chi connectivity index (χ4n) is 5.13. The topological polar surface area (TPSA) is 146 Å². The molecule has 2 unspecified atom stereocenters. The summed E-state index contributed by atoms with van der Waals surface area (Å²) in [6.45, 7) is 0. The molecular weight excluding hydrogens is 652 g/mol. The Morgan fingerprint density at radius 3 is 1.35 bits per heavy atom. The van der Waals surface area contributed by atoms with Crippen molar-refractivity contribution in [2.75, 3.05) is 0 Å². The molecule has 208 valence electrons. The van der Waals surface area contributed by atoms with Crippen LogP contribution in [-0.2, 0) is 33.3 Å². The number of halogens is 2. The van der Waals surface area contributed by atoms with E-state index in [0.29, 0.717) is 23.9 Å². The van der Waals surface area contributed by atoms with Gasteiger partial charge in [-0.25, -0.2) is 9.59 Å². The molecule has 2 N–H and O–H groups in total. The van der Waals surface area contributed by atoms with E-state index >= 15 is 0 Å². The lowest BCUT2D eigenvalue weighted by molar-refractivity contribution is -0.137. The van der Waals surface area contributed by atoms with Crippen molar-refractivity contribution in [1.29, 1.82) is 0 Å². The Hall–Kier alpha value is -3.78. The molecule has 14 heteroatoms. The highest BCUT2D eigenvalue weighted by Crippen LogP contribution is 2.26. The zero-order chi connectivity index (χ0) is 28.9. The highest BCUT2D eigenvalue weighted by Gasteiger charge is 2.32. The molecule has 40 heavy (non-hydrogen) atoms. The standard InChI is InChI=1S/2C13H12BrN3O3/c2*1-16-10-6-7(14)2-3-8(10)17(13(16)20)9-4-5-11(18)15-12(9)19/h2*2-3,6,9H,4-5H2,1H3,(H,15,18,19). The number of hydrogen-bond donors (Lipinski definition) is 2. The van der Waals surface area contributed by atoms with Crippen LogP contribution >= 0.6 is 31.9 Å². The van der Waals surface area contributed by atoms with Gasteiger partial charge in [0.2, 0.25) is 23.6 Å².